The van der Waals surface area contributed by atoms with E-state index in [2.05, 4.69) is 9.83 Å². The summed E-state index contributed by atoms with van der Waals surface area (Å²) in [6, 6.07) is 1.99. The summed E-state index contributed by atoms with van der Waals surface area (Å²) in [5.41, 5.74) is 1.27. The first-order valence-electron chi connectivity index (χ1n) is 5.55. The van der Waals surface area contributed by atoms with Crippen LogP contribution >= 0.6 is 11.6 Å². The van der Waals surface area contributed by atoms with Crippen molar-refractivity contribution in [3.8, 4) is 6.07 Å². The Morgan fingerprint density at radius 1 is 1.67 bits per heavy atom. The lowest BCUT2D eigenvalue weighted by Gasteiger charge is -2.38. The number of anilines is 1. The molecule has 1 aliphatic rings. The maximum absolute atomic E-state index is 9.31. The molecule has 18 heavy (non-hydrogen) atoms. The maximum Gasteiger partial charge on any atom is 0.232 e. The molecule has 0 radical (unpaired) electrons. The lowest BCUT2D eigenvalue weighted by atomic mass is 10.0. The Labute approximate surface area is 110 Å². The number of halogens is 1. The number of nitriles is 1. The standard InChI is InChI=1S/C12H11ClN4O/c1-3-8-9(4-14)11(13)16-12(10(8)15-2)17-5-7(18)6-17/h7,18H,3,5-6H2,1H3. The van der Waals surface area contributed by atoms with Crippen LogP contribution < -0.4 is 4.90 Å². The van der Waals surface area contributed by atoms with Gasteiger partial charge < -0.3 is 10.0 Å². The molecule has 1 aromatic heterocycles. The number of nitrogens with zero attached hydrogens (tertiary/aromatic N) is 4. The van der Waals surface area contributed by atoms with Gasteiger partial charge in [0.15, 0.2) is 0 Å². The van der Waals surface area contributed by atoms with Crippen LogP contribution in [0, 0.1) is 17.9 Å². The molecule has 1 aromatic rings. The predicted octanol–water partition coefficient (Wildman–Crippen LogP) is 1.90. The molecule has 1 fully saturated rings. The molecule has 2 rings (SSSR count). The van der Waals surface area contributed by atoms with Crippen molar-refractivity contribution in [2.75, 3.05) is 18.0 Å². The third-order valence-electron chi connectivity index (χ3n) is 2.95. The van der Waals surface area contributed by atoms with Crippen LogP contribution in [0.4, 0.5) is 11.5 Å². The molecule has 1 N–H and O–H groups in total. The maximum atomic E-state index is 9.31. The normalized spacial score (nSPS) is 14.8. The molecule has 0 aliphatic carbocycles. The highest BCUT2D eigenvalue weighted by Gasteiger charge is 2.30. The zero-order chi connectivity index (χ0) is 13.3. The fourth-order valence-corrected chi connectivity index (χ4v) is 2.24. The second kappa shape index (κ2) is 4.81. The second-order valence-electron chi connectivity index (χ2n) is 4.06. The molecule has 0 atom stereocenters. The number of aromatic nitrogens is 1. The van der Waals surface area contributed by atoms with E-state index in [0.717, 1.165) is 0 Å². The first-order chi connectivity index (χ1) is 8.62. The van der Waals surface area contributed by atoms with Crippen molar-refractivity contribution in [2.24, 2.45) is 0 Å². The van der Waals surface area contributed by atoms with Crippen LogP contribution in [0.1, 0.15) is 18.1 Å². The van der Waals surface area contributed by atoms with Gasteiger partial charge in [-0.05, 0) is 12.0 Å². The average Bonchev–Trinajstić information content (AvgIpc) is 2.33. The lowest BCUT2D eigenvalue weighted by molar-refractivity contribution is 0.141. The monoisotopic (exact) mass is 262 g/mol. The number of rotatable bonds is 2. The Morgan fingerprint density at radius 3 is 2.78 bits per heavy atom. The highest BCUT2D eigenvalue weighted by molar-refractivity contribution is 6.31. The van der Waals surface area contributed by atoms with Crippen molar-refractivity contribution in [1.82, 2.24) is 4.98 Å². The minimum atomic E-state index is -0.384. The van der Waals surface area contributed by atoms with Crippen molar-refractivity contribution >= 4 is 23.1 Å². The Hall–Kier alpha value is -1.82. The molecule has 0 aromatic carbocycles. The van der Waals surface area contributed by atoms with Gasteiger partial charge in [0, 0.05) is 13.1 Å². The predicted molar refractivity (Wildman–Crippen MR) is 67.8 cm³/mol. The van der Waals surface area contributed by atoms with Gasteiger partial charge in [0.2, 0.25) is 5.69 Å². The zero-order valence-corrected chi connectivity index (χ0v) is 10.6. The van der Waals surface area contributed by atoms with Crippen molar-refractivity contribution in [2.45, 2.75) is 19.4 Å². The SMILES string of the molecule is [C-]#[N+]c1c(N2CC(O)C2)nc(Cl)c(C#N)c1CC. The summed E-state index contributed by atoms with van der Waals surface area (Å²) >= 11 is 5.98. The first kappa shape index (κ1) is 12.6. The van der Waals surface area contributed by atoms with Crippen molar-refractivity contribution < 1.29 is 5.11 Å². The number of aliphatic hydroxyl groups is 1. The summed E-state index contributed by atoms with van der Waals surface area (Å²) in [4.78, 5) is 9.39. The highest BCUT2D eigenvalue weighted by atomic mass is 35.5. The van der Waals surface area contributed by atoms with Gasteiger partial charge in [-0.2, -0.15) is 5.26 Å². The van der Waals surface area contributed by atoms with E-state index in [4.69, 9.17) is 23.4 Å². The Balaban J connectivity index is 2.58. The van der Waals surface area contributed by atoms with E-state index in [9.17, 15) is 5.11 Å². The summed E-state index contributed by atoms with van der Waals surface area (Å²) in [6.45, 7) is 10.0. The number of hydrogen-bond donors (Lipinski definition) is 1. The van der Waals surface area contributed by atoms with Crippen LogP contribution in [-0.2, 0) is 6.42 Å². The van der Waals surface area contributed by atoms with E-state index < -0.39 is 0 Å². The van der Waals surface area contributed by atoms with E-state index in [1.807, 2.05) is 13.0 Å². The van der Waals surface area contributed by atoms with Crippen LogP contribution in [0.25, 0.3) is 4.85 Å². The molecule has 1 aliphatic heterocycles. The Kier molecular flexibility index (Phi) is 3.38. The summed E-state index contributed by atoms with van der Waals surface area (Å²) in [5.74, 6) is 0.469. The number of β-amino-alcohol motifs (C(OH)–C–C–N with tert-alkyl or cyclic N) is 1. The molecule has 0 amide bonds. The van der Waals surface area contributed by atoms with Gasteiger partial charge >= 0.3 is 0 Å². The molecule has 0 saturated carbocycles. The zero-order valence-electron chi connectivity index (χ0n) is 9.81. The molecule has 2 heterocycles. The van der Waals surface area contributed by atoms with Gasteiger partial charge in [-0.3, -0.25) is 0 Å². The van der Waals surface area contributed by atoms with E-state index in [1.165, 1.54) is 0 Å². The van der Waals surface area contributed by atoms with Crippen LogP contribution in [0.15, 0.2) is 0 Å². The van der Waals surface area contributed by atoms with Crippen LogP contribution in [0.2, 0.25) is 5.15 Å². The number of hydrogen-bond acceptors (Lipinski definition) is 4. The summed E-state index contributed by atoms with van der Waals surface area (Å²) in [7, 11) is 0. The molecular formula is C12H11ClN4O. The third kappa shape index (κ3) is 1.88. The molecule has 0 bridgehead atoms. The van der Waals surface area contributed by atoms with Crippen molar-refractivity contribution in [3.05, 3.63) is 27.7 Å². The van der Waals surface area contributed by atoms with Crippen LogP contribution in [0.3, 0.4) is 0 Å². The molecule has 6 heteroatoms. The number of pyridine rings is 1. The Morgan fingerprint density at radius 2 is 2.33 bits per heavy atom. The van der Waals surface area contributed by atoms with Gasteiger partial charge in [-0.15, -0.1) is 0 Å². The Bertz CT molecular complexity index is 567. The van der Waals surface area contributed by atoms with Crippen molar-refractivity contribution in [1.29, 1.82) is 5.26 Å². The molecule has 0 unspecified atom stereocenters. The van der Waals surface area contributed by atoms with Gasteiger partial charge in [0.1, 0.15) is 17.0 Å². The largest absolute Gasteiger partial charge is 0.389 e. The molecular weight excluding hydrogens is 252 g/mol. The molecule has 0 spiro atoms. The molecule has 92 valence electrons. The fourth-order valence-electron chi connectivity index (χ4n) is 2.00. The quantitative estimate of drug-likeness (QED) is 0.653. The van der Waals surface area contributed by atoms with Gasteiger partial charge in [0.05, 0.1) is 18.2 Å². The minimum Gasteiger partial charge on any atom is -0.389 e. The van der Waals surface area contributed by atoms with E-state index in [-0.39, 0.29) is 16.8 Å². The van der Waals surface area contributed by atoms with E-state index >= 15 is 0 Å². The molecule has 5 nitrogen and oxygen atoms in total. The molecule has 1 saturated heterocycles. The van der Waals surface area contributed by atoms with Gasteiger partial charge in [0.25, 0.3) is 0 Å². The van der Waals surface area contributed by atoms with Crippen molar-refractivity contribution in [3.63, 3.8) is 0 Å². The second-order valence-corrected chi connectivity index (χ2v) is 4.42. The highest BCUT2D eigenvalue weighted by Crippen LogP contribution is 2.38. The topological polar surface area (TPSA) is 64.5 Å². The minimum absolute atomic E-state index is 0.123. The van der Waals surface area contributed by atoms with Crippen LogP contribution in [-0.4, -0.2) is 29.3 Å². The summed E-state index contributed by atoms with van der Waals surface area (Å²) < 4.78 is 0. The average molecular weight is 263 g/mol. The first-order valence-corrected chi connectivity index (χ1v) is 5.93. The van der Waals surface area contributed by atoms with Crippen LogP contribution in [0.5, 0.6) is 0 Å². The fraction of sp³-hybridized carbons (Fsp3) is 0.417. The third-order valence-corrected chi connectivity index (χ3v) is 3.22. The number of aliphatic hydroxyl groups excluding tert-OH is 1. The van der Waals surface area contributed by atoms with E-state index in [1.54, 1.807) is 4.90 Å². The lowest BCUT2D eigenvalue weighted by Crippen LogP contribution is -2.51. The van der Waals surface area contributed by atoms with E-state index in [0.29, 0.717) is 36.6 Å². The summed E-state index contributed by atoms with van der Waals surface area (Å²) in [5, 5.41) is 18.5. The smallest absolute Gasteiger partial charge is 0.232 e. The van der Waals surface area contributed by atoms with Gasteiger partial charge in [-0.1, -0.05) is 18.5 Å². The van der Waals surface area contributed by atoms with Gasteiger partial charge in [-0.25, -0.2) is 9.83 Å². The summed E-state index contributed by atoms with van der Waals surface area (Å²) in [6.07, 6.45) is 0.163.